The van der Waals surface area contributed by atoms with Crippen LogP contribution in [0, 0.1) is 23.0 Å². The molecule has 1 atom stereocenters. The largest absolute Gasteiger partial charge is 0.483 e. The molecule has 7 nitrogen and oxygen atoms in total. The Morgan fingerprint density at radius 3 is 2.73 bits per heavy atom. The van der Waals surface area contributed by atoms with Crippen LogP contribution in [0.25, 0.3) is 0 Å². The summed E-state index contributed by atoms with van der Waals surface area (Å²) in [5, 5.41) is 9.54. The zero-order valence-electron chi connectivity index (χ0n) is 16.2. The van der Waals surface area contributed by atoms with Gasteiger partial charge in [-0.25, -0.2) is 13.6 Å². The lowest BCUT2D eigenvalue weighted by molar-refractivity contribution is -0.139. The van der Waals surface area contributed by atoms with Crippen molar-refractivity contribution in [3.05, 3.63) is 76.3 Å². The maximum absolute atomic E-state index is 13.7. The van der Waals surface area contributed by atoms with Gasteiger partial charge >= 0.3 is 5.97 Å². The maximum Gasteiger partial charge on any atom is 0.338 e. The highest BCUT2D eigenvalue weighted by Crippen LogP contribution is 2.40. The summed E-state index contributed by atoms with van der Waals surface area (Å²) in [4.78, 5) is 12.5. The van der Waals surface area contributed by atoms with E-state index in [1.807, 2.05) is 6.07 Å². The molecule has 1 unspecified atom stereocenters. The SMILES string of the molecule is CCOC(=O)C1=C(C)OC(N)=C(C#N)C1c1ccc(COc2ccc(F)cc2F)o1. The first kappa shape index (κ1) is 20.9. The Balaban J connectivity index is 1.89. The Labute approximate surface area is 170 Å². The molecule has 0 radical (unpaired) electrons. The summed E-state index contributed by atoms with van der Waals surface area (Å²) in [5.74, 6) is -2.74. The number of nitrogens with zero attached hydrogens (tertiary/aromatic N) is 1. The van der Waals surface area contributed by atoms with Crippen molar-refractivity contribution in [2.24, 2.45) is 5.73 Å². The van der Waals surface area contributed by atoms with Gasteiger partial charge in [0.25, 0.3) is 0 Å². The van der Waals surface area contributed by atoms with Gasteiger partial charge in [0.15, 0.2) is 11.6 Å². The molecule has 1 aliphatic heterocycles. The first-order valence-corrected chi connectivity index (χ1v) is 8.97. The van der Waals surface area contributed by atoms with E-state index in [4.69, 9.17) is 24.4 Å². The fraction of sp³-hybridized carbons (Fsp3) is 0.238. The van der Waals surface area contributed by atoms with Crippen LogP contribution in [0.5, 0.6) is 5.75 Å². The van der Waals surface area contributed by atoms with Crippen LogP contribution >= 0.6 is 0 Å². The van der Waals surface area contributed by atoms with Crippen molar-refractivity contribution in [3.8, 4) is 11.8 Å². The van der Waals surface area contributed by atoms with Crippen molar-refractivity contribution in [2.45, 2.75) is 26.4 Å². The number of nitriles is 1. The van der Waals surface area contributed by atoms with Crippen molar-refractivity contribution in [1.29, 1.82) is 5.26 Å². The predicted octanol–water partition coefficient (Wildman–Crippen LogP) is 3.78. The Bertz CT molecular complexity index is 1080. The molecule has 1 aromatic carbocycles. The van der Waals surface area contributed by atoms with Gasteiger partial charge in [-0.15, -0.1) is 0 Å². The van der Waals surface area contributed by atoms with Crippen molar-refractivity contribution < 1.29 is 32.2 Å². The van der Waals surface area contributed by atoms with Gasteiger partial charge in [-0.2, -0.15) is 5.26 Å². The minimum absolute atomic E-state index is 0.00458. The van der Waals surface area contributed by atoms with Crippen molar-refractivity contribution >= 4 is 5.97 Å². The number of nitrogens with two attached hydrogens (primary N) is 1. The van der Waals surface area contributed by atoms with Crippen LogP contribution < -0.4 is 10.5 Å². The zero-order valence-corrected chi connectivity index (χ0v) is 16.2. The van der Waals surface area contributed by atoms with E-state index in [-0.39, 0.29) is 53.3 Å². The van der Waals surface area contributed by atoms with Gasteiger partial charge in [-0.1, -0.05) is 0 Å². The van der Waals surface area contributed by atoms with Crippen LogP contribution in [0.2, 0.25) is 0 Å². The summed E-state index contributed by atoms with van der Waals surface area (Å²) < 4.78 is 48.2. The molecule has 0 amide bonds. The number of halogens is 2. The summed E-state index contributed by atoms with van der Waals surface area (Å²) in [7, 11) is 0. The predicted molar refractivity (Wildman–Crippen MR) is 99.4 cm³/mol. The van der Waals surface area contributed by atoms with Gasteiger partial charge in [0.2, 0.25) is 5.88 Å². The summed E-state index contributed by atoms with van der Waals surface area (Å²) in [6, 6.07) is 7.98. The van der Waals surface area contributed by atoms with E-state index < -0.39 is 23.5 Å². The second-order valence-corrected chi connectivity index (χ2v) is 6.28. The fourth-order valence-electron chi connectivity index (χ4n) is 3.01. The van der Waals surface area contributed by atoms with Crippen LogP contribution in [0.4, 0.5) is 8.78 Å². The van der Waals surface area contributed by atoms with Crippen LogP contribution in [-0.4, -0.2) is 12.6 Å². The monoisotopic (exact) mass is 416 g/mol. The molecule has 0 bridgehead atoms. The molecule has 1 aromatic heterocycles. The second kappa shape index (κ2) is 8.69. The average molecular weight is 416 g/mol. The molecular weight excluding hydrogens is 398 g/mol. The number of furan rings is 1. The molecule has 0 spiro atoms. The second-order valence-electron chi connectivity index (χ2n) is 6.28. The van der Waals surface area contributed by atoms with Gasteiger partial charge < -0.3 is 24.4 Å². The standard InChI is InChI=1S/C21H18F2N2O5/c1-3-27-21(26)18-11(2)29-20(25)14(9-24)19(18)17-7-5-13(30-17)10-28-16-6-4-12(22)8-15(16)23/h4-8,19H,3,10,25H2,1-2H3. The van der Waals surface area contributed by atoms with Gasteiger partial charge in [0.1, 0.15) is 41.3 Å². The minimum atomic E-state index is -0.931. The summed E-state index contributed by atoms with van der Waals surface area (Å²) >= 11 is 0. The number of esters is 1. The average Bonchev–Trinajstić information content (AvgIpc) is 3.15. The Kier molecular flexibility index (Phi) is 6.06. The molecule has 2 N–H and O–H groups in total. The van der Waals surface area contributed by atoms with Gasteiger partial charge in [0, 0.05) is 6.07 Å². The number of benzene rings is 1. The van der Waals surface area contributed by atoms with E-state index in [9.17, 15) is 18.8 Å². The number of ether oxygens (including phenoxy) is 3. The highest BCUT2D eigenvalue weighted by Gasteiger charge is 2.38. The quantitative estimate of drug-likeness (QED) is 0.714. The third-order valence-electron chi connectivity index (χ3n) is 4.33. The van der Waals surface area contributed by atoms with E-state index in [1.165, 1.54) is 6.92 Å². The molecule has 9 heteroatoms. The molecule has 1 aliphatic rings. The first-order valence-electron chi connectivity index (χ1n) is 8.97. The van der Waals surface area contributed by atoms with Crippen molar-refractivity contribution in [2.75, 3.05) is 6.61 Å². The lowest BCUT2D eigenvalue weighted by atomic mass is 9.87. The lowest BCUT2D eigenvalue weighted by Crippen LogP contribution is -2.25. The molecule has 0 aliphatic carbocycles. The summed E-state index contributed by atoms with van der Waals surface area (Å²) in [5.41, 5.74) is 5.91. The van der Waals surface area contributed by atoms with Gasteiger partial charge in [-0.3, -0.25) is 0 Å². The molecular formula is C21H18F2N2O5. The Morgan fingerprint density at radius 1 is 1.30 bits per heavy atom. The van der Waals surface area contributed by atoms with Crippen molar-refractivity contribution in [1.82, 2.24) is 0 Å². The number of hydrogen-bond acceptors (Lipinski definition) is 7. The molecule has 2 aromatic rings. The first-order chi connectivity index (χ1) is 14.3. The molecule has 2 heterocycles. The number of allylic oxidation sites excluding steroid dienone is 2. The van der Waals surface area contributed by atoms with Crippen LogP contribution in [0.3, 0.4) is 0 Å². The van der Waals surface area contributed by atoms with E-state index in [0.29, 0.717) is 6.07 Å². The third-order valence-corrected chi connectivity index (χ3v) is 4.33. The number of rotatable bonds is 6. The van der Waals surface area contributed by atoms with E-state index in [1.54, 1.807) is 19.1 Å². The molecule has 156 valence electrons. The van der Waals surface area contributed by atoms with Crippen LogP contribution in [0.1, 0.15) is 31.3 Å². The molecule has 0 saturated heterocycles. The van der Waals surface area contributed by atoms with E-state index in [0.717, 1.165) is 12.1 Å². The van der Waals surface area contributed by atoms with E-state index >= 15 is 0 Å². The lowest BCUT2D eigenvalue weighted by Gasteiger charge is -2.25. The van der Waals surface area contributed by atoms with Gasteiger partial charge in [0.05, 0.1) is 18.1 Å². The number of hydrogen-bond donors (Lipinski definition) is 1. The van der Waals surface area contributed by atoms with Crippen LogP contribution in [0.15, 0.2) is 57.5 Å². The fourth-order valence-corrected chi connectivity index (χ4v) is 3.01. The smallest absolute Gasteiger partial charge is 0.338 e. The van der Waals surface area contributed by atoms with E-state index in [2.05, 4.69) is 0 Å². The number of carbonyl (C=O) groups is 1. The van der Waals surface area contributed by atoms with Gasteiger partial charge in [-0.05, 0) is 38.1 Å². The minimum Gasteiger partial charge on any atom is -0.483 e. The third kappa shape index (κ3) is 4.12. The normalized spacial score (nSPS) is 16.2. The highest BCUT2D eigenvalue weighted by molar-refractivity contribution is 5.92. The summed E-state index contributed by atoms with van der Waals surface area (Å²) in [6.07, 6.45) is 0. The van der Waals surface area contributed by atoms with Crippen molar-refractivity contribution in [3.63, 3.8) is 0 Å². The molecule has 0 fully saturated rings. The number of carbonyl (C=O) groups excluding carboxylic acids is 1. The molecule has 0 saturated carbocycles. The summed E-state index contributed by atoms with van der Waals surface area (Å²) in [6.45, 7) is 3.15. The highest BCUT2D eigenvalue weighted by atomic mass is 19.1. The zero-order chi connectivity index (χ0) is 21.8. The Hall–Kier alpha value is -3.80. The van der Waals surface area contributed by atoms with Crippen LogP contribution in [-0.2, 0) is 20.9 Å². The molecule has 30 heavy (non-hydrogen) atoms. The molecule has 3 rings (SSSR count). The topological polar surface area (TPSA) is 108 Å². The Morgan fingerprint density at radius 2 is 2.07 bits per heavy atom. The maximum atomic E-state index is 13.7.